The van der Waals surface area contributed by atoms with Crippen LogP contribution in [0.15, 0.2) is 48.6 Å². The van der Waals surface area contributed by atoms with Crippen molar-refractivity contribution >= 4 is 33.5 Å². The van der Waals surface area contributed by atoms with Crippen molar-refractivity contribution < 1.29 is 9.90 Å². The number of carboxylic acids is 1. The van der Waals surface area contributed by atoms with E-state index in [2.05, 4.69) is 15.9 Å². The lowest BCUT2D eigenvalue weighted by Crippen LogP contribution is -2.32. The van der Waals surface area contributed by atoms with Crippen LogP contribution in [0.25, 0.3) is 0 Å². The highest BCUT2D eigenvalue weighted by Crippen LogP contribution is 2.43. The van der Waals surface area contributed by atoms with Gasteiger partial charge < -0.3 is 5.11 Å². The Hall–Kier alpha value is -1.06. The molecule has 0 saturated heterocycles. The monoisotopic (exact) mass is 312 g/mol. The smallest absolute Gasteiger partial charge is 0.312 e. The van der Waals surface area contributed by atoms with Crippen LogP contribution < -0.4 is 0 Å². The van der Waals surface area contributed by atoms with E-state index in [-0.39, 0.29) is 0 Å². The van der Waals surface area contributed by atoms with Crippen LogP contribution in [0.1, 0.15) is 5.56 Å². The van der Waals surface area contributed by atoms with Crippen molar-refractivity contribution in [1.29, 1.82) is 0 Å². The van der Waals surface area contributed by atoms with E-state index in [1.165, 1.54) is 0 Å². The highest BCUT2D eigenvalue weighted by atomic mass is 79.9. The largest absolute Gasteiger partial charge is 0.481 e. The summed E-state index contributed by atoms with van der Waals surface area (Å²) in [6.45, 7) is 0. The summed E-state index contributed by atoms with van der Waals surface area (Å²) in [5.41, 5.74) is 0.870. The zero-order valence-corrected chi connectivity index (χ0v) is 11.1. The minimum absolute atomic E-state index is 0.631. The number of rotatable bonds is 2. The Bertz CT molecular complexity index is 493. The van der Waals surface area contributed by atoms with E-state index in [9.17, 15) is 9.90 Å². The predicted octanol–water partition coefficient (Wildman–Crippen LogP) is 3.76. The first-order valence-electron chi connectivity index (χ1n) is 5.08. The number of hydrogen-bond acceptors (Lipinski definition) is 1. The molecule has 0 bridgehead atoms. The molecule has 0 heterocycles. The third-order valence-electron chi connectivity index (χ3n) is 2.76. The van der Waals surface area contributed by atoms with Crippen LogP contribution in [0.3, 0.4) is 0 Å². The SMILES string of the molecule is O=C(O)C1C=CC=CC1(Br)c1ccc(Cl)cc1. The number of benzene rings is 1. The van der Waals surface area contributed by atoms with Gasteiger partial charge in [0.2, 0.25) is 0 Å². The summed E-state index contributed by atoms with van der Waals surface area (Å²) in [5.74, 6) is -1.49. The van der Waals surface area contributed by atoms with E-state index in [0.29, 0.717) is 5.02 Å². The van der Waals surface area contributed by atoms with Crippen LogP contribution in [0.4, 0.5) is 0 Å². The molecule has 2 nitrogen and oxygen atoms in total. The molecule has 2 atom stereocenters. The number of carboxylic acid groups (broad SMARTS) is 1. The van der Waals surface area contributed by atoms with Crippen molar-refractivity contribution in [2.45, 2.75) is 4.32 Å². The summed E-state index contributed by atoms with van der Waals surface area (Å²) >= 11 is 9.36. The third-order valence-corrected chi connectivity index (χ3v) is 4.23. The second kappa shape index (κ2) is 4.67. The molecule has 2 rings (SSSR count). The molecule has 0 aliphatic heterocycles. The molecule has 1 N–H and O–H groups in total. The van der Waals surface area contributed by atoms with Crippen LogP contribution in [0.2, 0.25) is 5.02 Å². The molecule has 1 aliphatic rings. The Balaban J connectivity index is 2.46. The average Bonchev–Trinajstić information content (AvgIpc) is 2.29. The minimum atomic E-state index is -0.863. The summed E-state index contributed by atoms with van der Waals surface area (Å²) in [5, 5.41) is 9.88. The molecule has 0 radical (unpaired) electrons. The number of carbonyl (C=O) groups is 1. The van der Waals surface area contributed by atoms with Gasteiger partial charge >= 0.3 is 5.97 Å². The topological polar surface area (TPSA) is 37.3 Å². The van der Waals surface area contributed by atoms with E-state index in [1.807, 2.05) is 24.3 Å². The molecule has 0 fully saturated rings. The minimum Gasteiger partial charge on any atom is -0.481 e. The Labute approximate surface area is 113 Å². The van der Waals surface area contributed by atoms with Crippen molar-refractivity contribution in [3.05, 3.63) is 59.2 Å². The molecule has 1 aromatic carbocycles. The van der Waals surface area contributed by atoms with Gasteiger partial charge in [-0.25, -0.2) is 0 Å². The van der Waals surface area contributed by atoms with E-state index in [4.69, 9.17) is 11.6 Å². The van der Waals surface area contributed by atoms with Gasteiger partial charge in [0.15, 0.2) is 0 Å². The predicted molar refractivity (Wildman–Crippen MR) is 71.5 cm³/mol. The molecule has 0 amide bonds. The number of alkyl halides is 1. The Morgan fingerprint density at radius 3 is 2.53 bits per heavy atom. The maximum absolute atomic E-state index is 11.3. The fraction of sp³-hybridized carbons (Fsp3) is 0.154. The average molecular weight is 314 g/mol. The molecule has 4 heteroatoms. The van der Waals surface area contributed by atoms with Gasteiger partial charge in [-0.3, -0.25) is 4.79 Å². The Kier molecular flexibility index (Phi) is 3.40. The lowest BCUT2D eigenvalue weighted by molar-refractivity contribution is -0.140. The molecule has 1 aliphatic carbocycles. The van der Waals surface area contributed by atoms with Gasteiger partial charge in [-0.05, 0) is 17.7 Å². The van der Waals surface area contributed by atoms with Crippen LogP contribution in [0, 0.1) is 5.92 Å². The second-order valence-electron chi connectivity index (χ2n) is 3.83. The summed E-state index contributed by atoms with van der Waals surface area (Å²) < 4.78 is -0.710. The zero-order valence-electron chi connectivity index (χ0n) is 8.81. The van der Waals surface area contributed by atoms with E-state index >= 15 is 0 Å². The van der Waals surface area contributed by atoms with Crippen molar-refractivity contribution in [2.24, 2.45) is 5.92 Å². The third kappa shape index (κ3) is 2.31. The molecule has 0 saturated carbocycles. The molecule has 2 unspecified atom stereocenters. The summed E-state index contributed by atoms with van der Waals surface area (Å²) in [6.07, 6.45) is 7.09. The first-order chi connectivity index (χ1) is 8.04. The Morgan fingerprint density at radius 2 is 1.94 bits per heavy atom. The number of aliphatic carboxylic acids is 1. The summed E-state index contributed by atoms with van der Waals surface area (Å²) in [6, 6.07) is 7.17. The molecule has 1 aromatic rings. The number of halogens is 2. The van der Waals surface area contributed by atoms with Gasteiger partial charge in [-0.1, -0.05) is 64.0 Å². The zero-order chi connectivity index (χ0) is 12.5. The Morgan fingerprint density at radius 1 is 1.29 bits per heavy atom. The summed E-state index contributed by atoms with van der Waals surface area (Å²) in [7, 11) is 0. The first-order valence-corrected chi connectivity index (χ1v) is 6.25. The fourth-order valence-electron chi connectivity index (χ4n) is 1.86. The molecule has 0 aromatic heterocycles. The second-order valence-corrected chi connectivity index (χ2v) is 5.58. The van der Waals surface area contributed by atoms with Crippen molar-refractivity contribution in [1.82, 2.24) is 0 Å². The molecular weight excluding hydrogens is 303 g/mol. The summed E-state index contributed by atoms with van der Waals surface area (Å²) in [4.78, 5) is 11.3. The normalized spacial score (nSPS) is 27.1. The molecule has 17 heavy (non-hydrogen) atoms. The van der Waals surface area contributed by atoms with Gasteiger partial charge in [0.25, 0.3) is 0 Å². The van der Waals surface area contributed by atoms with Gasteiger partial charge in [-0.15, -0.1) is 0 Å². The lowest BCUT2D eigenvalue weighted by atomic mass is 9.83. The number of hydrogen-bond donors (Lipinski definition) is 1. The van der Waals surface area contributed by atoms with Crippen LogP contribution in [-0.4, -0.2) is 11.1 Å². The molecular formula is C13H10BrClO2. The standard InChI is InChI=1S/C13H10BrClO2/c14-13(9-4-6-10(15)7-5-9)8-2-1-3-11(13)12(16)17/h1-8,11H,(H,16,17). The first kappa shape index (κ1) is 12.4. The highest BCUT2D eigenvalue weighted by molar-refractivity contribution is 9.09. The maximum Gasteiger partial charge on any atom is 0.312 e. The van der Waals surface area contributed by atoms with Crippen LogP contribution in [-0.2, 0) is 9.12 Å². The van der Waals surface area contributed by atoms with Gasteiger partial charge in [0, 0.05) is 5.02 Å². The molecule has 88 valence electrons. The fourth-order valence-corrected chi connectivity index (χ4v) is 2.75. The van der Waals surface area contributed by atoms with Crippen molar-refractivity contribution in [3.63, 3.8) is 0 Å². The van der Waals surface area contributed by atoms with Crippen molar-refractivity contribution in [3.8, 4) is 0 Å². The van der Waals surface area contributed by atoms with Crippen LogP contribution >= 0.6 is 27.5 Å². The van der Waals surface area contributed by atoms with Gasteiger partial charge in [-0.2, -0.15) is 0 Å². The van der Waals surface area contributed by atoms with E-state index in [1.54, 1.807) is 24.3 Å². The van der Waals surface area contributed by atoms with Gasteiger partial charge in [0.1, 0.15) is 0 Å². The lowest BCUT2D eigenvalue weighted by Gasteiger charge is -2.31. The van der Waals surface area contributed by atoms with E-state index in [0.717, 1.165) is 5.56 Å². The quantitative estimate of drug-likeness (QED) is 0.844. The maximum atomic E-state index is 11.3. The van der Waals surface area contributed by atoms with Crippen LogP contribution in [0.5, 0.6) is 0 Å². The van der Waals surface area contributed by atoms with Crippen molar-refractivity contribution in [2.75, 3.05) is 0 Å². The highest BCUT2D eigenvalue weighted by Gasteiger charge is 2.40. The molecule has 0 spiro atoms. The van der Waals surface area contributed by atoms with Gasteiger partial charge in [0.05, 0.1) is 10.2 Å². The number of allylic oxidation sites excluding steroid dienone is 3. The van der Waals surface area contributed by atoms with E-state index < -0.39 is 16.2 Å².